The molecule has 0 spiro atoms. The van der Waals surface area contributed by atoms with Crippen LogP contribution in [0.2, 0.25) is 0 Å². The zero-order valence-corrected chi connectivity index (χ0v) is 14.4. The first kappa shape index (κ1) is 15.7. The minimum absolute atomic E-state index is 0.0706. The van der Waals surface area contributed by atoms with Crippen LogP contribution in [-0.2, 0) is 6.42 Å². The number of rotatable bonds is 5. The standard InChI is InChI=1S/C18H17BrN2O2/c1-2-23-16-10-6-5-9-15(16)21-17(11-12-19)20-14-8-4-3-7-13(14)18(21)22/h3-10H,2,11-12H2,1H3. The summed E-state index contributed by atoms with van der Waals surface area (Å²) in [4.78, 5) is 17.7. The summed E-state index contributed by atoms with van der Waals surface area (Å²) >= 11 is 3.44. The van der Waals surface area contributed by atoms with E-state index >= 15 is 0 Å². The molecule has 0 aliphatic carbocycles. The molecule has 0 unspecified atom stereocenters. The molecule has 118 valence electrons. The molecule has 3 aromatic rings. The molecule has 0 N–H and O–H groups in total. The highest BCUT2D eigenvalue weighted by Crippen LogP contribution is 2.23. The van der Waals surface area contributed by atoms with Crippen molar-refractivity contribution in [3.05, 3.63) is 64.7 Å². The molecule has 1 aromatic heterocycles. The van der Waals surface area contributed by atoms with Crippen LogP contribution in [0.4, 0.5) is 0 Å². The first-order chi connectivity index (χ1) is 11.3. The topological polar surface area (TPSA) is 44.1 Å². The minimum atomic E-state index is -0.0706. The van der Waals surface area contributed by atoms with Crippen molar-refractivity contribution in [3.63, 3.8) is 0 Å². The lowest BCUT2D eigenvalue weighted by molar-refractivity contribution is 0.338. The number of aryl methyl sites for hydroxylation is 1. The van der Waals surface area contributed by atoms with E-state index in [0.29, 0.717) is 24.2 Å². The van der Waals surface area contributed by atoms with E-state index in [0.717, 1.165) is 22.4 Å². The maximum atomic E-state index is 13.0. The Morgan fingerprint density at radius 3 is 2.65 bits per heavy atom. The highest BCUT2D eigenvalue weighted by Gasteiger charge is 2.15. The molecular formula is C18H17BrN2O2. The molecule has 0 fully saturated rings. The second-order valence-electron chi connectivity index (χ2n) is 5.03. The monoisotopic (exact) mass is 372 g/mol. The molecule has 4 nitrogen and oxygen atoms in total. The summed E-state index contributed by atoms with van der Waals surface area (Å²) < 4.78 is 7.35. The number of benzene rings is 2. The van der Waals surface area contributed by atoms with Crippen LogP contribution in [0.3, 0.4) is 0 Å². The number of hydrogen-bond donors (Lipinski definition) is 0. The van der Waals surface area contributed by atoms with Gasteiger partial charge >= 0.3 is 0 Å². The predicted octanol–water partition coefficient (Wildman–Crippen LogP) is 3.72. The van der Waals surface area contributed by atoms with E-state index < -0.39 is 0 Å². The molecule has 5 heteroatoms. The summed E-state index contributed by atoms with van der Waals surface area (Å²) in [6.45, 7) is 2.47. The van der Waals surface area contributed by atoms with Crippen LogP contribution in [-0.4, -0.2) is 21.5 Å². The fourth-order valence-corrected chi connectivity index (χ4v) is 2.95. The van der Waals surface area contributed by atoms with Gasteiger partial charge in [-0.25, -0.2) is 4.98 Å². The Morgan fingerprint density at radius 1 is 1.13 bits per heavy atom. The maximum Gasteiger partial charge on any atom is 0.266 e. The SMILES string of the molecule is CCOc1ccccc1-n1c(CCBr)nc2ccccc2c1=O. The van der Waals surface area contributed by atoms with Gasteiger partial charge in [-0.15, -0.1) is 0 Å². The van der Waals surface area contributed by atoms with Crippen LogP contribution in [0.1, 0.15) is 12.7 Å². The third-order valence-corrected chi connectivity index (χ3v) is 3.97. The van der Waals surface area contributed by atoms with E-state index in [1.54, 1.807) is 4.57 Å². The van der Waals surface area contributed by atoms with Crippen molar-refractivity contribution in [2.75, 3.05) is 11.9 Å². The Kier molecular flexibility index (Phi) is 4.76. The number of halogens is 1. The summed E-state index contributed by atoms with van der Waals surface area (Å²) in [6.07, 6.45) is 0.653. The molecule has 0 aliphatic heterocycles. The van der Waals surface area contributed by atoms with Gasteiger partial charge in [0.15, 0.2) is 0 Å². The van der Waals surface area contributed by atoms with Crippen molar-refractivity contribution >= 4 is 26.8 Å². The van der Waals surface area contributed by atoms with E-state index in [4.69, 9.17) is 4.74 Å². The average molecular weight is 373 g/mol. The number of ether oxygens (including phenoxy) is 1. The molecule has 0 radical (unpaired) electrons. The number of nitrogens with zero attached hydrogens (tertiary/aromatic N) is 2. The Bertz CT molecular complexity index is 890. The van der Waals surface area contributed by atoms with Gasteiger partial charge in [0.2, 0.25) is 0 Å². The number of para-hydroxylation sites is 3. The van der Waals surface area contributed by atoms with Gasteiger partial charge in [0.1, 0.15) is 11.6 Å². The second kappa shape index (κ2) is 6.96. The van der Waals surface area contributed by atoms with E-state index in [1.165, 1.54) is 0 Å². The van der Waals surface area contributed by atoms with Crippen molar-refractivity contribution in [2.45, 2.75) is 13.3 Å². The molecule has 0 saturated heterocycles. The largest absolute Gasteiger partial charge is 0.492 e. The van der Waals surface area contributed by atoms with Crippen molar-refractivity contribution < 1.29 is 4.74 Å². The van der Waals surface area contributed by atoms with Gasteiger partial charge in [0.05, 0.1) is 23.2 Å². The molecule has 0 bridgehead atoms. The van der Waals surface area contributed by atoms with Gasteiger partial charge in [-0.2, -0.15) is 0 Å². The number of alkyl halides is 1. The van der Waals surface area contributed by atoms with Gasteiger partial charge in [-0.1, -0.05) is 40.2 Å². The summed E-state index contributed by atoms with van der Waals surface area (Å²) in [5.41, 5.74) is 1.38. The van der Waals surface area contributed by atoms with E-state index in [2.05, 4.69) is 20.9 Å². The van der Waals surface area contributed by atoms with E-state index in [1.807, 2.05) is 55.5 Å². The van der Waals surface area contributed by atoms with Crippen molar-refractivity contribution in [2.24, 2.45) is 0 Å². The first-order valence-electron chi connectivity index (χ1n) is 7.55. The van der Waals surface area contributed by atoms with Crippen LogP contribution in [0.25, 0.3) is 16.6 Å². The second-order valence-corrected chi connectivity index (χ2v) is 5.82. The molecule has 23 heavy (non-hydrogen) atoms. The van der Waals surface area contributed by atoms with E-state index in [9.17, 15) is 4.79 Å². The Balaban J connectivity index is 2.34. The number of aromatic nitrogens is 2. The summed E-state index contributed by atoms with van der Waals surface area (Å²) in [6, 6.07) is 15.0. The van der Waals surface area contributed by atoms with Gasteiger partial charge in [0, 0.05) is 11.8 Å². The van der Waals surface area contributed by atoms with Crippen molar-refractivity contribution in [1.82, 2.24) is 9.55 Å². The van der Waals surface area contributed by atoms with E-state index in [-0.39, 0.29) is 5.56 Å². The van der Waals surface area contributed by atoms with Crippen LogP contribution < -0.4 is 10.3 Å². The van der Waals surface area contributed by atoms with Crippen LogP contribution in [0.5, 0.6) is 5.75 Å². The van der Waals surface area contributed by atoms with Gasteiger partial charge < -0.3 is 4.74 Å². The Hall–Kier alpha value is -2.14. The Morgan fingerprint density at radius 2 is 1.87 bits per heavy atom. The number of hydrogen-bond acceptors (Lipinski definition) is 3. The third kappa shape index (κ3) is 3.01. The van der Waals surface area contributed by atoms with Crippen molar-refractivity contribution in [3.8, 4) is 11.4 Å². The summed E-state index contributed by atoms with van der Waals surface area (Å²) in [5.74, 6) is 1.41. The summed E-state index contributed by atoms with van der Waals surface area (Å²) in [5, 5.41) is 1.34. The minimum Gasteiger partial charge on any atom is -0.492 e. The smallest absolute Gasteiger partial charge is 0.266 e. The molecule has 0 amide bonds. The molecule has 0 aliphatic rings. The van der Waals surface area contributed by atoms with Gasteiger partial charge in [-0.3, -0.25) is 9.36 Å². The summed E-state index contributed by atoms with van der Waals surface area (Å²) in [7, 11) is 0. The highest BCUT2D eigenvalue weighted by atomic mass is 79.9. The lowest BCUT2D eigenvalue weighted by atomic mass is 10.2. The van der Waals surface area contributed by atoms with Crippen LogP contribution in [0, 0.1) is 0 Å². The molecule has 0 saturated carbocycles. The number of fused-ring (bicyclic) bond motifs is 1. The van der Waals surface area contributed by atoms with Crippen LogP contribution >= 0.6 is 15.9 Å². The lowest BCUT2D eigenvalue weighted by Crippen LogP contribution is -2.24. The average Bonchev–Trinajstić information content (AvgIpc) is 2.57. The lowest BCUT2D eigenvalue weighted by Gasteiger charge is -2.16. The Labute approximate surface area is 142 Å². The molecule has 2 aromatic carbocycles. The van der Waals surface area contributed by atoms with Crippen LogP contribution in [0.15, 0.2) is 53.3 Å². The quantitative estimate of drug-likeness (QED) is 0.641. The molecular weight excluding hydrogens is 356 g/mol. The third-order valence-electron chi connectivity index (χ3n) is 3.57. The highest BCUT2D eigenvalue weighted by molar-refractivity contribution is 9.09. The van der Waals surface area contributed by atoms with Crippen molar-refractivity contribution in [1.29, 1.82) is 0 Å². The predicted molar refractivity (Wildman–Crippen MR) is 96.0 cm³/mol. The molecule has 1 heterocycles. The first-order valence-corrected chi connectivity index (χ1v) is 8.67. The molecule has 3 rings (SSSR count). The molecule has 0 atom stereocenters. The van der Waals surface area contributed by atoms with Gasteiger partial charge in [0.25, 0.3) is 5.56 Å². The normalized spacial score (nSPS) is 10.9. The fraction of sp³-hybridized carbons (Fsp3) is 0.222. The fourth-order valence-electron chi connectivity index (χ4n) is 2.60. The van der Waals surface area contributed by atoms with Gasteiger partial charge in [-0.05, 0) is 31.2 Å². The maximum absolute atomic E-state index is 13.0. The zero-order valence-electron chi connectivity index (χ0n) is 12.8. The zero-order chi connectivity index (χ0) is 16.2.